The Balaban J connectivity index is 0.000000313. The molecule has 6 aromatic carbocycles. The van der Waals surface area contributed by atoms with Gasteiger partial charge in [0.2, 0.25) is 30.1 Å². The molecule has 0 atom stereocenters. The Kier molecular flexibility index (Phi) is 35.6. The number of amides is 3. The van der Waals surface area contributed by atoms with Gasteiger partial charge in [0.25, 0.3) is 17.7 Å². The van der Waals surface area contributed by atoms with E-state index in [1.54, 1.807) is 58.6 Å². The second kappa shape index (κ2) is 42.1. The molecule has 9 rings (SSSR count). The summed E-state index contributed by atoms with van der Waals surface area (Å²) in [5.41, 5.74) is 4.08. The number of hydrogen-bond donors (Lipinski definition) is 6. The summed E-state index contributed by atoms with van der Waals surface area (Å²) in [6.07, 6.45) is 0.154. The van der Waals surface area contributed by atoms with Crippen LogP contribution in [0.5, 0.6) is 0 Å². The Labute approximate surface area is 659 Å². The zero-order chi connectivity index (χ0) is 77.5. The van der Waals surface area contributed by atoms with E-state index < -0.39 is 72.8 Å². The van der Waals surface area contributed by atoms with Crippen LogP contribution in [0.25, 0.3) is 22.5 Å². The number of carboxylic acid groups (broad SMARTS) is 1. The first-order valence-electron chi connectivity index (χ1n) is 30.6. The minimum atomic E-state index is -3.69. The topological polar surface area (TPSA) is 450 Å². The van der Waals surface area contributed by atoms with Gasteiger partial charge in [0.15, 0.2) is 17.3 Å². The first-order chi connectivity index (χ1) is 49.5. The molecule has 560 valence electrons. The third-order valence-electron chi connectivity index (χ3n) is 14.2. The maximum atomic E-state index is 12.4. The van der Waals surface area contributed by atoms with E-state index in [-0.39, 0.29) is 134 Å². The van der Waals surface area contributed by atoms with Crippen LogP contribution in [0.15, 0.2) is 181 Å². The molecule has 0 bridgehead atoms. The van der Waals surface area contributed by atoms with Crippen molar-refractivity contribution in [3.63, 3.8) is 0 Å². The van der Waals surface area contributed by atoms with Gasteiger partial charge in [-0.2, -0.15) is 0 Å². The number of carboxylic acids is 1. The summed E-state index contributed by atoms with van der Waals surface area (Å²) in [6.45, 7) is -0.621. The number of sulfonamides is 3. The normalized spacial score (nSPS) is 10.9. The molecule has 3 aromatic heterocycles. The summed E-state index contributed by atoms with van der Waals surface area (Å²) >= 11 is 7.13. The molecule has 0 radical (unpaired) electrons. The number of halogens is 1. The Hall–Kier alpha value is -8.81. The van der Waals surface area contributed by atoms with E-state index in [0.717, 1.165) is 18.5 Å². The van der Waals surface area contributed by atoms with E-state index >= 15 is 0 Å². The van der Waals surface area contributed by atoms with Crippen molar-refractivity contribution in [2.45, 2.75) is 33.9 Å². The van der Waals surface area contributed by atoms with Crippen molar-refractivity contribution in [2.24, 2.45) is 0 Å². The molecule has 0 fully saturated rings. The molecule has 0 unspecified atom stereocenters. The SMILES string of the molecule is CN(C)S(=O)(=O)c1cccc(C(=O)NCC(=O)Cc2nc(-c3cccc(C(=O)O)c3)cs2)c1.CN(C)S(=O)(=O)c1cccc(C(=O)NCC(=O)Cc2nc(Br)cs2)c1.COC(=O)c1cccc(-c2csc(CC(=O)CNC(=O)c3cccc(S(=O)(=O)N(C)C)c3)n2)c1.COC(=O)c1cccc(B(O)O)c1.[Na+].[OH-]. The van der Waals surface area contributed by atoms with Gasteiger partial charge in [-0.3, -0.25) is 28.8 Å². The molecule has 0 aliphatic rings. The molecule has 107 heavy (non-hydrogen) atoms. The molecule has 30 nitrogen and oxygen atoms in total. The molecule has 0 aliphatic heterocycles. The molecule has 0 aliphatic carbocycles. The zero-order valence-corrected chi connectivity index (χ0v) is 67.1. The van der Waals surface area contributed by atoms with Crippen LogP contribution in [0.3, 0.4) is 0 Å². The van der Waals surface area contributed by atoms with Gasteiger partial charge in [-0.25, -0.2) is 67.5 Å². The maximum absolute atomic E-state index is 12.4. The summed E-state index contributed by atoms with van der Waals surface area (Å²) in [7, 11) is -1.55. The molecule has 9 aromatic rings. The van der Waals surface area contributed by atoms with Crippen LogP contribution in [0.2, 0.25) is 0 Å². The first-order valence-corrected chi connectivity index (χ1v) is 38.3. The van der Waals surface area contributed by atoms with E-state index in [2.05, 4.69) is 51.6 Å². The number of nitrogens with zero attached hydrogens (tertiary/aromatic N) is 6. The molecular formula is C68H70BBrN9NaO21S6. The van der Waals surface area contributed by atoms with Crippen LogP contribution in [0, 0.1) is 0 Å². The Morgan fingerprint density at radius 2 is 0.757 bits per heavy atom. The molecule has 3 heterocycles. The van der Waals surface area contributed by atoms with Crippen molar-refractivity contribution in [3.05, 3.63) is 215 Å². The number of rotatable bonds is 27. The maximum Gasteiger partial charge on any atom is 1.00 e. The van der Waals surface area contributed by atoms with Gasteiger partial charge in [-0.05, 0) is 112 Å². The minimum absolute atomic E-state index is 0. The number of carbonyl (C=O) groups excluding carboxylic acids is 8. The van der Waals surface area contributed by atoms with Gasteiger partial charge < -0.3 is 46.1 Å². The second-order valence-corrected chi connectivity index (χ2v) is 32.5. The van der Waals surface area contributed by atoms with Crippen molar-refractivity contribution in [1.29, 1.82) is 0 Å². The van der Waals surface area contributed by atoms with Crippen molar-refractivity contribution in [2.75, 3.05) is 76.1 Å². The summed E-state index contributed by atoms with van der Waals surface area (Å²) in [6, 6.07) is 36.0. The number of ether oxygens (including phenoxy) is 2. The van der Waals surface area contributed by atoms with Crippen molar-refractivity contribution >= 4 is 146 Å². The number of hydrogen-bond acceptors (Lipinski definition) is 26. The number of aromatic nitrogens is 3. The fourth-order valence-corrected chi connectivity index (χ4v) is 14.5. The number of methoxy groups -OCH3 is 2. The number of Topliss-reactive ketones (excluding diaryl/α,β-unsaturated/α-hetero) is 3. The molecular weight excluding hydrogens is 1580 g/mol. The molecule has 39 heteroatoms. The van der Waals surface area contributed by atoms with Gasteiger partial charge in [0, 0.05) is 86.2 Å². The predicted molar refractivity (Wildman–Crippen MR) is 398 cm³/mol. The summed E-state index contributed by atoms with van der Waals surface area (Å²) in [5.74, 6) is -4.33. The van der Waals surface area contributed by atoms with E-state index in [4.69, 9.17) is 19.9 Å². The number of thiazole rings is 3. The van der Waals surface area contributed by atoms with Crippen LogP contribution in [0.4, 0.5) is 0 Å². The van der Waals surface area contributed by atoms with Crippen LogP contribution in [-0.4, -0.2) is 210 Å². The summed E-state index contributed by atoms with van der Waals surface area (Å²) < 4.78 is 86.3. The fraction of sp³-hybridized carbons (Fsp3) is 0.206. The number of ketones is 3. The van der Waals surface area contributed by atoms with Gasteiger partial charge in [-0.1, -0.05) is 54.6 Å². The van der Waals surface area contributed by atoms with E-state index in [1.807, 2.05) is 0 Å². The first kappa shape index (κ1) is 90.6. The molecule has 0 spiro atoms. The van der Waals surface area contributed by atoms with Crippen LogP contribution >= 0.6 is 49.9 Å². The van der Waals surface area contributed by atoms with Crippen molar-refractivity contribution < 1.29 is 128 Å². The van der Waals surface area contributed by atoms with E-state index in [0.29, 0.717) is 47.7 Å². The average molecular weight is 1660 g/mol. The van der Waals surface area contributed by atoms with Crippen LogP contribution in [0.1, 0.15) is 77.2 Å². The van der Waals surface area contributed by atoms with Crippen molar-refractivity contribution in [1.82, 2.24) is 43.8 Å². The number of carbonyl (C=O) groups is 9. The quantitative estimate of drug-likeness (QED) is 0.0318. The Bertz CT molecular complexity index is 5040. The molecule has 3 amide bonds. The largest absolute Gasteiger partial charge is 1.00 e. The Morgan fingerprint density at radius 1 is 0.449 bits per heavy atom. The van der Waals surface area contributed by atoms with Gasteiger partial charge in [0.1, 0.15) is 19.6 Å². The number of nitrogens with one attached hydrogen (secondary N) is 3. The third-order valence-corrected chi connectivity index (χ3v) is 22.9. The smallest absolute Gasteiger partial charge is 0.870 e. The second-order valence-electron chi connectivity index (χ2n) is 22.4. The monoisotopic (exact) mass is 1650 g/mol. The number of aromatic carboxylic acids is 1. The van der Waals surface area contributed by atoms with Crippen molar-refractivity contribution in [3.8, 4) is 22.5 Å². The van der Waals surface area contributed by atoms with Crippen LogP contribution < -0.4 is 51.0 Å². The van der Waals surface area contributed by atoms with Crippen LogP contribution in [-0.2, 0) is 73.2 Å². The van der Waals surface area contributed by atoms with Gasteiger partial charge in [-0.15, -0.1) is 34.0 Å². The molecule has 0 saturated carbocycles. The summed E-state index contributed by atoms with van der Waals surface area (Å²) in [4.78, 5) is 120. The zero-order valence-electron chi connectivity index (χ0n) is 58.6. The van der Waals surface area contributed by atoms with Gasteiger partial charge in [0.05, 0.1) is 95.9 Å². The standard InChI is InChI=1S/C23H23N3O6S2.C22H21N3O6S2.C15H16BrN3O4S2.C8H9BO4.Na.H2O/c1-26(2)34(30,31)19-9-5-7-16(11-19)22(28)24-13-18(27)12-21-25-20(14-33-21)15-6-4-8-17(10-15)23(29)32-3;1-25(2)33(30,31)18-8-4-6-15(10-18)21(27)23-12-17(26)11-20-24-19(13-32-20)14-5-3-7-16(9-14)22(28)29;1-19(2)25(22,23)12-5-3-4-10(6-12)15(21)17-8-11(20)7-14-18-13(16)9-24-14;1-13-8(10)6-3-2-4-7(5-6)9(11)12;;/h4-11,14H,12-13H2,1-3H3,(H,24,28);3-10,13H,11-12H2,1-2H3,(H,23,27)(H,28,29);3-6,9H,7-8H2,1-2H3,(H,17,21);2-5,11-12H,1H3;;1H2/q;;;;+1;/p-1. The average Bonchev–Trinajstić information content (AvgIpc) is 1.82. The fourth-order valence-electron chi connectivity index (χ4n) is 8.66. The summed E-state index contributed by atoms with van der Waals surface area (Å²) in [5, 5.41) is 41.3. The van der Waals surface area contributed by atoms with E-state index in [9.17, 15) is 68.4 Å². The predicted octanol–water partition coefficient (Wildman–Crippen LogP) is 2.37. The van der Waals surface area contributed by atoms with E-state index in [1.165, 1.54) is 194 Å². The molecule has 7 N–H and O–H groups in total. The van der Waals surface area contributed by atoms with Gasteiger partial charge >= 0.3 is 54.6 Å². The number of esters is 2. The number of benzene rings is 6. The Morgan fingerprint density at radius 3 is 1.08 bits per heavy atom. The minimum Gasteiger partial charge on any atom is -0.870 e. The third kappa shape index (κ3) is 26.8. The molecule has 0 saturated heterocycles.